The molecule has 2 nitrogen and oxygen atoms in total. The van der Waals surface area contributed by atoms with Crippen molar-refractivity contribution in [1.29, 1.82) is 0 Å². The Morgan fingerprint density at radius 1 is 1.41 bits per heavy atom. The summed E-state index contributed by atoms with van der Waals surface area (Å²) < 4.78 is 0. The summed E-state index contributed by atoms with van der Waals surface area (Å²) in [4.78, 5) is 4.35. The van der Waals surface area contributed by atoms with Gasteiger partial charge in [0.2, 0.25) is 0 Å². The lowest BCUT2D eigenvalue weighted by atomic mass is 10.0. The van der Waals surface area contributed by atoms with Gasteiger partial charge in [0, 0.05) is 39.9 Å². The summed E-state index contributed by atoms with van der Waals surface area (Å²) in [7, 11) is 0. The SMILES string of the molecule is CCC1SCCSC1C(N)c1ccc(C)nc1. The van der Waals surface area contributed by atoms with Crippen molar-refractivity contribution in [3.63, 3.8) is 0 Å². The lowest BCUT2D eigenvalue weighted by Crippen LogP contribution is -2.35. The van der Waals surface area contributed by atoms with Gasteiger partial charge in [0.25, 0.3) is 0 Å². The second-order valence-corrected chi connectivity index (χ2v) is 7.04. The van der Waals surface area contributed by atoms with Crippen LogP contribution in [0.2, 0.25) is 0 Å². The summed E-state index contributed by atoms with van der Waals surface area (Å²) in [5.74, 6) is 2.48. The molecule has 3 unspecified atom stereocenters. The van der Waals surface area contributed by atoms with E-state index in [0.717, 1.165) is 5.69 Å². The van der Waals surface area contributed by atoms with E-state index in [4.69, 9.17) is 5.73 Å². The Bertz CT molecular complexity index is 353. The number of rotatable bonds is 3. The molecule has 0 bridgehead atoms. The zero-order valence-corrected chi connectivity index (χ0v) is 12.1. The number of hydrogen-bond acceptors (Lipinski definition) is 4. The quantitative estimate of drug-likeness (QED) is 0.914. The molecule has 1 aromatic heterocycles. The highest BCUT2D eigenvalue weighted by Crippen LogP contribution is 2.39. The van der Waals surface area contributed by atoms with E-state index >= 15 is 0 Å². The van der Waals surface area contributed by atoms with Crippen LogP contribution in [0.1, 0.15) is 30.6 Å². The molecule has 0 amide bonds. The third kappa shape index (κ3) is 3.18. The number of nitrogens with two attached hydrogens (primary N) is 1. The van der Waals surface area contributed by atoms with Crippen LogP contribution >= 0.6 is 23.5 Å². The van der Waals surface area contributed by atoms with Crippen molar-refractivity contribution in [2.45, 2.75) is 36.8 Å². The third-order valence-corrected chi connectivity index (χ3v) is 6.54. The van der Waals surface area contributed by atoms with Crippen molar-refractivity contribution >= 4 is 23.5 Å². The molecule has 2 heterocycles. The van der Waals surface area contributed by atoms with Crippen LogP contribution in [0.4, 0.5) is 0 Å². The van der Waals surface area contributed by atoms with Crippen LogP contribution in [0.25, 0.3) is 0 Å². The van der Waals surface area contributed by atoms with E-state index in [1.165, 1.54) is 23.5 Å². The molecule has 1 aliphatic heterocycles. The minimum atomic E-state index is 0.117. The van der Waals surface area contributed by atoms with Crippen molar-refractivity contribution in [2.24, 2.45) is 5.73 Å². The number of aromatic nitrogens is 1. The van der Waals surface area contributed by atoms with Gasteiger partial charge in [0.1, 0.15) is 0 Å². The average molecular weight is 268 g/mol. The molecule has 2 rings (SSSR count). The van der Waals surface area contributed by atoms with Gasteiger partial charge in [0.15, 0.2) is 0 Å². The molecule has 1 aliphatic rings. The Balaban J connectivity index is 2.12. The Kier molecular flexibility index (Phi) is 4.77. The maximum atomic E-state index is 6.41. The monoisotopic (exact) mass is 268 g/mol. The topological polar surface area (TPSA) is 38.9 Å². The summed E-state index contributed by atoms with van der Waals surface area (Å²) in [6.07, 6.45) is 3.14. The molecule has 1 aromatic rings. The van der Waals surface area contributed by atoms with E-state index < -0.39 is 0 Å². The van der Waals surface area contributed by atoms with E-state index in [1.54, 1.807) is 0 Å². The van der Waals surface area contributed by atoms with Crippen molar-refractivity contribution in [3.8, 4) is 0 Å². The van der Waals surface area contributed by atoms with Crippen LogP contribution in [-0.4, -0.2) is 27.0 Å². The van der Waals surface area contributed by atoms with Gasteiger partial charge in [-0.15, -0.1) is 0 Å². The van der Waals surface area contributed by atoms with Gasteiger partial charge < -0.3 is 5.73 Å². The van der Waals surface area contributed by atoms with Crippen molar-refractivity contribution in [3.05, 3.63) is 29.6 Å². The minimum absolute atomic E-state index is 0.117. The number of hydrogen-bond donors (Lipinski definition) is 1. The first-order valence-electron chi connectivity index (χ1n) is 6.13. The second-order valence-electron chi connectivity index (χ2n) is 4.41. The minimum Gasteiger partial charge on any atom is -0.323 e. The molecule has 0 aliphatic carbocycles. The molecular weight excluding hydrogens is 248 g/mol. The standard InChI is InChI=1S/C13H20N2S2/c1-3-11-13(17-7-6-16-11)12(14)10-5-4-9(2)15-8-10/h4-5,8,11-13H,3,6-7,14H2,1-2H3. The normalized spacial score (nSPS) is 26.8. The molecule has 0 aromatic carbocycles. The van der Waals surface area contributed by atoms with Gasteiger partial charge in [-0.25, -0.2) is 0 Å². The van der Waals surface area contributed by atoms with Crippen LogP contribution in [0, 0.1) is 6.92 Å². The fraction of sp³-hybridized carbons (Fsp3) is 0.615. The summed E-state index contributed by atoms with van der Waals surface area (Å²) in [5.41, 5.74) is 8.64. The van der Waals surface area contributed by atoms with E-state index in [-0.39, 0.29) is 6.04 Å². The maximum Gasteiger partial charge on any atom is 0.0441 e. The number of pyridine rings is 1. The van der Waals surface area contributed by atoms with Crippen LogP contribution in [-0.2, 0) is 0 Å². The molecule has 2 N–H and O–H groups in total. The lowest BCUT2D eigenvalue weighted by Gasteiger charge is -2.34. The molecule has 1 saturated heterocycles. The van der Waals surface area contributed by atoms with Crippen molar-refractivity contribution < 1.29 is 0 Å². The highest BCUT2D eigenvalue weighted by Gasteiger charge is 2.30. The molecule has 0 saturated carbocycles. The van der Waals surface area contributed by atoms with E-state index in [1.807, 2.05) is 24.9 Å². The molecule has 1 fully saturated rings. The molecule has 17 heavy (non-hydrogen) atoms. The fourth-order valence-electron chi connectivity index (χ4n) is 2.14. The molecule has 3 atom stereocenters. The first kappa shape index (κ1) is 13.2. The molecule has 94 valence electrons. The Hall–Kier alpha value is -0.190. The fourth-order valence-corrected chi connectivity index (χ4v) is 5.32. The first-order chi connectivity index (χ1) is 8.22. The third-order valence-electron chi connectivity index (χ3n) is 3.17. The maximum absolute atomic E-state index is 6.41. The van der Waals surface area contributed by atoms with Gasteiger partial charge in [-0.3, -0.25) is 4.98 Å². The highest BCUT2D eigenvalue weighted by molar-refractivity contribution is 8.07. The van der Waals surface area contributed by atoms with Gasteiger partial charge >= 0.3 is 0 Å². The van der Waals surface area contributed by atoms with Gasteiger partial charge in [0.05, 0.1) is 0 Å². The second kappa shape index (κ2) is 6.12. The van der Waals surface area contributed by atoms with Crippen LogP contribution in [0.3, 0.4) is 0 Å². The highest BCUT2D eigenvalue weighted by atomic mass is 32.2. The summed E-state index contributed by atoms with van der Waals surface area (Å²) in [5, 5.41) is 1.22. The first-order valence-corrected chi connectivity index (χ1v) is 8.23. The number of thioether (sulfide) groups is 2. The van der Waals surface area contributed by atoms with Crippen molar-refractivity contribution in [1.82, 2.24) is 4.98 Å². The zero-order chi connectivity index (χ0) is 12.3. The largest absolute Gasteiger partial charge is 0.323 e. The Morgan fingerprint density at radius 3 is 2.82 bits per heavy atom. The van der Waals surface area contributed by atoms with Crippen LogP contribution in [0.15, 0.2) is 18.3 Å². The van der Waals surface area contributed by atoms with Gasteiger partial charge in [-0.1, -0.05) is 13.0 Å². The van der Waals surface area contributed by atoms with Gasteiger partial charge in [-0.05, 0) is 25.0 Å². The number of nitrogens with zero attached hydrogens (tertiary/aromatic N) is 1. The predicted molar refractivity (Wildman–Crippen MR) is 78.7 cm³/mol. The van der Waals surface area contributed by atoms with Gasteiger partial charge in [-0.2, -0.15) is 23.5 Å². The van der Waals surface area contributed by atoms with Crippen LogP contribution < -0.4 is 5.73 Å². The van der Waals surface area contributed by atoms with Crippen molar-refractivity contribution in [2.75, 3.05) is 11.5 Å². The summed E-state index contributed by atoms with van der Waals surface area (Å²) in [6.45, 7) is 4.27. The molecule has 0 radical (unpaired) electrons. The lowest BCUT2D eigenvalue weighted by molar-refractivity contribution is 0.628. The summed E-state index contributed by atoms with van der Waals surface area (Å²) >= 11 is 4.11. The Labute approximate surface area is 112 Å². The number of aryl methyl sites for hydroxylation is 1. The van der Waals surface area contributed by atoms with E-state index in [0.29, 0.717) is 10.5 Å². The molecule has 4 heteroatoms. The molecule has 0 spiro atoms. The molecular formula is C13H20N2S2. The zero-order valence-electron chi connectivity index (χ0n) is 10.4. The van der Waals surface area contributed by atoms with E-state index in [9.17, 15) is 0 Å². The summed E-state index contributed by atoms with van der Waals surface area (Å²) in [6, 6.07) is 4.29. The smallest absolute Gasteiger partial charge is 0.0441 e. The van der Waals surface area contributed by atoms with E-state index in [2.05, 4.69) is 35.8 Å². The van der Waals surface area contributed by atoms with Crippen LogP contribution in [0.5, 0.6) is 0 Å². The predicted octanol–water partition coefficient (Wildman–Crippen LogP) is 3.02. The average Bonchev–Trinajstić information content (AvgIpc) is 2.39. The Morgan fingerprint density at radius 2 is 2.18 bits per heavy atom.